The molecule has 62 valence electrons. The summed E-state index contributed by atoms with van der Waals surface area (Å²) in [6.45, 7) is 2.12. The van der Waals surface area contributed by atoms with Gasteiger partial charge in [0.25, 0.3) is 0 Å². The fourth-order valence-corrected chi connectivity index (χ4v) is 3.18. The molecule has 0 bridgehead atoms. The van der Waals surface area contributed by atoms with Gasteiger partial charge in [-0.1, -0.05) is 0 Å². The molecule has 0 fully saturated rings. The molecule has 0 nitrogen and oxygen atoms in total. The molecule has 2 aromatic rings. The molecule has 0 aliphatic rings. The van der Waals surface area contributed by atoms with Crippen molar-refractivity contribution >= 4 is 50.0 Å². The lowest BCUT2D eigenvalue weighted by atomic mass is 10.2. The molecule has 0 N–H and O–H groups in total. The van der Waals surface area contributed by atoms with Crippen molar-refractivity contribution in [1.82, 2.24) is 0 Å². The van der Waals surface area contributed by atoms with Gasteiger partial charge >= 0.3 is 0 Å². The van der Waals surface area contributed by atoms with Crippen LogP contribution in [0.4, 0.5) is 0 Å². The Morgan fingerprint density at radius 1 is 1.33 bits per heavy atom. The van der Waals surface area contributed by atoms with Gasteiger partial charge in [-0.2, -0.15) is 0 Å². The normalized spacial score (nSPS) is 10.9. The van der Waals surface area contributed by atoms with Crippen molar-refractivity contribution in [3.63, 3.8) is 0 Å². The van der Waals surface area contributed by atoms with Gasteiger partial charge in [-0.15, -0.1) is 24.0 Å². The van der Waals surface area contributed by atoms with Gasteiger partial charge in [-0.3, -0.25) is 0 Å². The summed E-state index contributed by atoms with van der Waals surface area (Å²) in [5.41, 5.74) is 1.30. The minimum Gasteiger partial charge on any atom is -0.143 e. The predicted octanol–water partition coefficient (Wildman–Crippen LogP) is 4.26. The molecule has 0 aliphatic heterocycles. The lowest BCUT2D eigenvalue weighted by molar-refractivity contribution is 1.44. The molecule has 0 saturated heterocycles. The van der Waals surface area contributed by atoms with E-state index in [1.165, 1.54) is 19.4 Å². The van der Waals surface area contributed by atoms with Crippen molar-refractivity contribution < 1.29 is 0 Å². The number of hydrogen-bond donors (Lipinski definition) is 1. The van der Waals surface area contributed by atoms with Crippen molar-refractivity contribution in [2.75, 3.05) is 0 Å². The summed E-state index contributed by atoms with van der Waals surface area (Å²) in [5, 5.41) is 1.27. The van der Waals surface area contributed by atoms with Gasteiger partial charge in [0.2, 0.25) is 0 Å². The minimum atomic E-state index is 1.03. The lowest BCUT2D eigenvalue weighted by Crippen LogP contribution is -1.72. The first-order valence-electron chi connectivity index (χ1n) is 3.55. The summed E-state index contributed by atoms with van der Waals surface area (Å²) >= 11 is 9.58. The molecule has 0 unspecified atom stereocenters. The number of thiophene rings is 1. The first kappa shape index (κ1) is 8.60. The summed E-state index contributed by atoms with van der Waals surface area (Å²) in [6, 6.07) is 6.31. The van der Waals surface area contributed by atoms with Gasteiger partial charge in [0.1, 0.15) is 0 Å². The third kappa shape index (κ3) is 1.41. The molecule has 1 heterocycles. The Balaban J connectivity index is 2.88. The summed E-state index contributed by atoms with van der Waals surface area (Å²) < 4.78 is 2.53. The Bertz CT molecular complexity index is 431. The van der Waals surface area contributed by atoms with Crippen LogP contribution >= 0.6 is 39.9 Å². The highest BCUT2D eigenvalue weighted by molar-refractivity contribution is 9.11. The fourth-order valence-electron chi connectivity index (χ4n) is 1.28. The molecule has 3 heteroatoms. The molecule has 0 spiro atoms. The van der Waals surface area contributed by atoms with Gasteiger partial charge < -0.3 is 0 Å². The largest absolute Gasteiger partial charge is 0.143 e. The number of rotatable bonds is 0. The van der Waals surface area contributed by atoms with Crippen LogP contribution in [0.2, 0.25) is 0 Å². The van der Waals surface area contributed by atoms with E-state index >= 15 is 0 Å². The Hall–Kier alpha value is 0.01000. The molecule has 1 aromatic heterocycles. The monoisotopic (exact) mass is 258 g/mol. The average Bonchev–Trinajstić information content (AvgIpc) is 2.29. The maximum Gasteiger partial charge on any atom is 0.0711 e. The van der Waals surface area contributed by atoms with Crippen LogP contribution in [0.15, 0.2) is 26.9 Å². The number of halogens is 1. The highest BCUT2D eigenvalue weighted by atomic mass is 79.9. The molecular weight excluding hydrogens is 252 g/mol. The number of aryl methyl sites for hydroxylation is 1. The Morgan fingerprint density at radius 2 is 2.08 bits per heavy atom. The number of fused-ring (bicyclic) bond motifs is 1. The van der Waals surface area contributed by atoms with Crippen LogP contribution in [0, 0.1) is 6.92 Å². The minimum absolute atomic E-state index is 1.03. The van der Waals surface area contributed by atoms with Crippen LogP contribution in [0.5, 0.6) is 0 Å². The van der Waals surface area contributed by atoms with E-state index in [0.29, 0.717) is 0 Å². The molecule has 1 aromatic carbocycles. The highest BCUT2D eigenvalue weighted by Gasteiger charge is 2.02. The first-order valence-corrected chi connectivity index (χ1v) is 5.61. The maximum absolute atomic E-state index is 4.33. The van der Waals surface area contributed by atoms with E-state index < -0.39 is 0 Å². The summed E-state index contributed by atoms with van der Waals surface area (Å²) in [5.74, 6) is 0. The Morgan fingerprint density at radius 3 is 2.83 bits per heavy atom. The molecule has 0 radical (unpaired) electrons. The molecule has 2 rings (SSSR count). The van der Waals surface area contributed by atoms with Crippen LogP contribution in [0.1, 0.15) is 5.56 Å². The van der Waals surface area contributed by atoms with Crippen molar-refractivity contribution in [2.45, 2.75) is 11.8 Å². The van der Waals surface area contributed by atoms with Gasteiger partial charge in [-0.05, 0) is 52.0 Å². The lowest BCUT2D eigenvalue weighted by Gasteiger charge is -1.96. The summed E-state index contributed by atoms with van der Waals surface area (Å²) in [4.78, 5) is 1.03. The Kier molecular flexibility index (Phi) is 2.19. The van der Waals surface area contributed by atoms with Crippen molar-refractivity contribution in [3.05, 3.63) is 27.5 Å². The van der Waals surface area contributed by atoms with Crippen molar-refractivity contribution in [3.8, 4) is 0 Å². The zero-order valence-corrected chi connectivity index (χ0v) is 9.76. The topological polar surface area (TPSA) is 0 Å². The predicted molar refractivity (Wildman–Crippen MR) is 61.5 cm³/mol. The molecule has 0 atom stereocenters. The second kappa shape index (κ2) is 3.05. The van der Waals surface area contributed by atoms with Crippen LogP contribution in [-0.4, -0.2) is 0 Å². The zero-order valence-electron chi connectivity index (χ0n) is 6.47. The van der Waals surface area contributed by atoms with Crippen LogP contribution in [0.25, 0.3) is 10.1 Å². The Labute approximate surface area is 89.1 Å². The number of thiol groups is 1. The van der Waals surface area contributed by atoms with Gasteiger partial charge in [0, 0.05) is 9.60 Å². The molecule has 0 aliphatic carbocycles. The third-order valence-corrected chi connectivity index (χ3v) is 3.80. The number of benzene rings is 1. The zero-order chi connectivity index (χ0) is 8.72. The maximum atomic E-state index is 4.33. The first-order chi connectivity index (χ1) is 5.66. The average molecular weight is 259 g/mol. The highest BCUT2D eigenvalue weighted by Crippen LogP contribution is 2.33. The number of hydrogen-bond acceptors (Lipinski definition) is 2. The third-order valence-electron chi connectivity index (χ3n) is 1.76. The van der Waals surface area contributed by atoms with Gasteiger partial charge in [0.05, 0.1) is 3.79 Å². The second-order valence-corrected chi connectivity index (χ2v) is 5.68. The van der Waals surface area contributed by atoms with Crippen LogP contribution in [-0.2, 0) is 0 Å². The molecular formula is C9H7BrS2. The van der Waals surface area contributed by atoms with E-state index in [9.17, 15) is 0 Å². The van der Waals surface area contributed by atoms with Crippen LogP contribution < -0.4 is 0 Å². The van der Waals surface area contributed by atoms with E-state index in [1.807, 2.05) is 0 Å². The van der Waals surface area contributed by atoms with E-state index in [-0.39, 0.29) is 0 Å². The second-order valence-electron chi connectivity index (χ2n) is 2.73. The van der Waals surface area contributed by atoms with E-state index in [4.69, 9.17) is 0 Å². The van der Waals surface area contributed by atoms with Gasteiger partial charge in [0.15, 0.2) is 0 Å². The van der Waals surface area contributed by atoms with E-state index in [2.05, 4.69) is 53.7 Å². The van der Waals surface area contributed by atoms with E-state index in [1.54, 1.807) is 11.3 Å². The van der Waals surface area contributed by atoms with Crippen molar-refractivity contribution in [2.24, 2.45) is 0 Å². The standard InChI is InChI=1S/C9H7BrS2/c1-5-2-7(11)3-6-4-8(10)12-9(5)6/h2-4,11H,1H3. The quantitative estimate of drug-likeness (QED) is 0.671. The smallest absolute Gasteiger partial charge is 0.0711 e. The van der Waals surface area contributed by atoms with Crippen molar-refractivity contribution in [1.29, 1.82) is 0 Å². The molecule has 12 heavy (non-hydrogen) atoms. The summed E-state index contributed by atoms with van der Waals surface area (Å²) in [6.07, 6.45) is 0. The SMILES string of the molecule is Cc1cc(S)cc2cc(Br)sc12. The summed E-state index contributed by atoms with van der Waals surface area (Å²) in [7, 11) is 0. The van der Waals surface area contributed by atoms with E-state index in [0.717, 1.165) is 4.90 Å². The molecule has 0 saturated carbocycles. The fraction of sp³-hybridized carbons (Fsp3) is 0.111. The molecule has 0 amide bonds. The van der Waals surface area contributed by atoms with Gasteiger partial charge in [-0.25, -0.2) is 0 Å². The van der Waals surface area contributed by atoms with Crippen LogP contribution in [0.3, 0.4) is 0 Å².